The maximum Gasteiger partial charge on any atom is 0.0540 e. The van der Waals surface area contributed by atoms with E-state index in [9.17, 15) is 0 Å². The van der Waals surface area contributed by atoms with Crippen molar-refractivity contribution in [2.24, 2.45) is 0 Å². The van der Waals surface area contributed by atoms with Gasteiger partial charge in [-0.05, 0) is 200 Å². The Hall–Kier alpha value is -10.3. The normalized spacial score (nSPS) is 10.8. The lowest BCUT2D eigenvalue weighted by atomic mass is 10.0. The molecule has 15 rings (SSSR count). The Balaban J connectivity index is 0.000000126. The molecule has 0 aliphatic heterocycles. The first-order chi connectivity index (χ1) is 45.3. The van der Waals surface area contributed by atoms with Crippen LogP contribution >= 0.6 is 47.8 Å². The lowest BCUT2D eigenvalue weighted by Gasteiger charge is -2.27. The monoisotopic (exact) mass is 1370 g/mol. The SMILES string of the molecule is Brc1ccc(-c2ccc(N(c3ccccc3)c3ccc(-c4ccccc4)cc3)cc2)cc1.Brc1ccc(-c2ccc(N(c3ccccc3)c3ccc4ccccc4c3)cc2)cc1.Brc1ccc(-c2ccc(N(c3ccccc3)c3cccc4ccccc34)cc2)cc1. The number of hydrogen-bond donors (Lipinski definition) is 0. The number of rotatable bonds is 13. The Labute approximate surface area is 564 Å². The smallest absolute Gasteiger partial charge is 0.0540 e. The molecule has 0 aliphatic rings. The summed E-state index contributed by atoms with van der Waals surface area (Å²) in [5, 5.41) is 4.96. The molecule has 0 atom stereocenters. The van der Waals surface area contributed by atoms with Crippen LogP contribution in [0.15, 0.2) is 390 Å². The second kappa shape index (κ2) is 29.1. The zero-order valence-corrected chi connectivity index (χ0v) is 55.0. The van der Waals surface area contributed by atoms with Crippen molar-refractivity contribution in [1.82, 2.24) is 0 Å². The molecule has 0 saturated carbocycles. The van der Waals surface area contributed by atoms with Gasteiger partial charge in [0.15, 0.2) is 0 Å². The van der Waals surface area contributed by atoms with Crippen molar-refractivity contribution in [2.45, 2.75) is 0 Å². The summed E-state index contributed by atoms with van der Waals surface area (Å²) in [5.74, 6) is 0. The summed E-state index contributed by atoms with van der Waals surface area (Å²) >= 11 is 10.5. The van der Waals surface area contributed by atoms with Crippen molar-refractivity contribution < 1.29 is 0 Å². The van der Waals surface area contributed by atoms with Crippen LogP contribution in [-0.2, 0) is 0 Å². The van der Waals surface area contributed by atoms with Gasteiger partial charge in [-0.2, -0.15) is 0 Å². The average Bonchev–Trinajstić information content (AvgIpc) is 0.948. The summed E-state index contributed by atoms with van der Waals surface area (Å²) in [4.78, 5) is 6.92. The summed E-state index contributed by atoms with van der Waals surface area (Å²) in [5.41, 5.74) is 20.0. The minimum Gasteiger partial charge on any atom is -0.311 e. The Kier molecular flexibility index (Phi) is 19.1. The second-order valence-electron chi connectivity index (χ2n) is 22.1. The fraction of sp³-hybridized carbons (Fsp3) is 0. The van der Waals surface area contributed by atoms with E-state index in [1.807, 2.05) is 6.07 Å². The highest BCUT2D eigenvalue weighted by Gasteiger charge is 2.17. The molecule has 0 unspecified atom stereocenters. The number of benzene rings is 15. The van der Waals surface area contributed by atoms with Gasteiger partial charge >= 0.3 is 0 Å². The summed E-state index contributed by atoms with van der Waals surface area (Å²) in [6.45, 7) is 0. The predicted molar refractivity (Wildman–Crippen MR) is 403 cm³/mol. The van der Waals surface area contributed by atoms with Crippen LogP contribution in [0.1, 0.15) is 0 Å². The molecule has 0 heterocycles. The van der Waals surface area contributed by atoms with Gasteiger partial charge in [0.2, 0.25) is 0 Å². The molecular formula is C86H62Br3N3. The molecule has 0 N–H and O–H groups in total. The Morgan fingerprint density at radius 3 is 0.826 bits per heavy atom. The number of para-hydroxylation sites is 3. The van der Waals surface area contributed by atoms with Crippen LogP contribution in [0, 0.1) is 0 Å². The van der Waals surface area contributed by atoms with Gasteiger partial charge in [-0.3, -0.25) is 0 Å². The zero-order chi connectivity index (χ0) is 62.4. The lowest BCUT2D eigenvalue weighted by molar-refractivity contribution is 1.28. The third-order valence-corrected chi connectivity index (χ3v) is 17.8. The number of halogens is 3. The summed E-state index contributed by atoms with van der Waals surface area (Å²) in [6.07, 6.45) is 0. The minimum atomic E-state index is 1.09. The number of anilines is 9. The van der Waals surface area contributed by atoms with Gasteiger partial charge in [0, 0.05) is 64.3 Å². The molecule has 0 spiro atoms. The van der Waals surface area contributed by atoms with E-state index in [-0.39, 0.29) is 0 Å². The van der Waals surface area contributed by atoms with E-state index in [0.29, 0.717) is 0 Å². The molecule has 15 aromatic carbocycles. The van der Waals surface area contributed by atoms with Gasteiger partial charge in [0.25, 0.3) is 0 Å². The molecule has 0 bridgehead atoms. The highest BCUT2D eigenvalue weighted by molar-refractivity contribution is 9.11. The van der Waals surface area contributed by atoms with E-state index >= 15 is 0 Å². The first-order valence-corrected chi connectivity index (χ1v) is 33.0. The highest BCUT2D eigenvalue weighted by Crippen LogP contribution is 2.42. The van der Waals surface area contributed by atoms with Crippen molar-refractivity contribution in [2.75, 3.05) is 14.7 Å². The van der Waals surface area contributed by atoms with E-state index in [1.54, 1.807) is 0 Å². The fourth-order valence-corrected chi connectivity index (χ4v) is 12.3. The maximum atomic E-state index is 3.51. The Morgan fingerprint density at radius 2 is 0.424 bits per heavy atom. The largest absolute Gasteiger partial charge is 0.311 e. The number of fused-ring (bicyclic) bond motifs is 2. The molecule has 0 aliphatic carbocycles. The summed E-state index contributed by atoms with van der Waals surface area (Å²) < 4.78 is 3.27. The van der Waals surface area contributed by atoms with Crippen molar-refractivity contribution in [1.29, 1.82) is 0 Å². The zero-order valence-electron chi connectivity index (χ0n) is 50.3. The standard InChI is InChI=1S/C30H22BrN.2C28H20BrN/c31-27-17-11-24(12-18-27)26-15-21-30(22-16-26)32(28-9-5-2-6-10-28)29-19-13-25(14-20-29)23-7-3-1-4-8-23;29-24-17-13-21(14-18-24)22-15-19-26(20-16-22)30(25-9-2-1-3-10-25)28-12-6-8-23-7-4-5-11-27(23)28;29-25-15-10-22(11-16-25)23-12-17-27(18-13-23)30(26-8-2-1-3-9-26)28-19-14-21-6-4-5-7-24(21)20-28/h1-22H;2*1-20H. The van der Waals surface area contributed by atoms with E-state index < -0.39 is 0 Å². The third-order valence-electron chi connectivity index (χ3n) is 16.2. The van der Waals surface area contributed by atoms with Gasteiger partial charge in [-0.25, -0.2) is 0 Å². The predicted octanol–water partition coefficient (Wildman–Crippen LogP) is 26.7. The molecule has 0 aromatic heterocycles. The first-order valence-electron chi connectivity index (χ1n) is 30.6. The molecule has 0 amide bonds. The quantitative estimate of drug-likeness (QED) is 0.114. The van der Waals surface area contributed by atoms with Gasteiger partial charge in [-0.1, -0.05) is 284 Å². The van der Waals surface area contributed by atoms with E-state index in [4.69, 9.17) is 0 Å². The van der Waals surface area contributed by atoms with Gasteiger partial charge < -0.3 is 14.7 Å². The summed E-state index contributed by atoms with van der Waals surface area (Å²) in [6, 6.07) is 133. The Morgan fingerprint density at radius 1 is 0.163 bits per heavy atom. The molecule has 0 radical (unpaired) electrons. The number of nitrogens with zero attached hydrogens (tertiary/aromatic N) is 3. The van der Waals surface area contributed by atoms with Crippen LogP contribution in [0.25, 0.3) is 66.1 Å². The molecule has 6 heteroatoms. The average molecular weight is 1380 g/mol. The molecule has 15 aromatic rings. The van der Waals surface area contributed by atoms with Gasteiger partial charge in [0.1, 0.15) is 0 Å². The van der Waals surface area contributed by atoms with Crippen LogP contribution in [0.5, 0.6) is 0 Å². The minimum absolute atomic E-state index is 1.09. The molecular weight excluding hydrogens is 1310 g/mol. The van der Waals surface area contributed by atoms with Crippen LogP contribution in [0.3, 0.4) is 0 Å². The molecule has 0 saturated heterocycles. The Bertz CT molecular complexity index is 4810. The van der Waals surface area contributed by atoms with Crippen LogP contribution in [0.2, 0.25) is 0 Å². The first kappa shape index (κ1) is 60.6. The molecule has 3 nitrogen and oxygen atoms in total. The summed E-state index contributed by atoms with van der Waals surface area (Å²) in [7, 11) is 0. The second-order valence-corrected chi connectivity index (χ2v) is 24.9. The van der Waals surface area contributed by atoms with Crippen molar-refractivity contribution in [3.63, 3.8) is 0 Å². The lowest BCUT2D eigenvalue weighted by Crippen LogP contribution is -2.10. The van der Waals surface area contributed by atoms with Crippen LogP contribution in [-0.4, -0.2) is 0 Å². The van der Waals surface area contributed by atoms with Crippen molar-refractivity contribution in [3.8, 4) is 44.5 Å². The highest BCUT2D eigenvalue weighted by atomic mass is 79.9. The topological polar surface area (TPSA) is 9.72 Å². The van der Waals surface area contributed by atoms with Gasteiger partial charge in [0.05, 0.1) is 5.69 Å². The molecule has 442 valence electrons. The van der Waals surface area contributed by atoms with Crippen LogP contribution in [0.4, 0.5) is 51.2 Å². The van der Waals surface area contributed by atoms with Gasteiger partial charge in [-0.15, -0.1) is 0 Å². The fourth-order valence-electron chi connectivity index (χ4n) is 11.5. The molecule has 92 heavy (non-hydrogen) atoms. The van der Waals surface area contributed by atoms with E-state index in [2.05, 4.69) is 433 Å². The van der Waals surface area contributed by atoms with E-state index in [0.717, 1.165) is 58.9 Å². The van der Waals surface area contributed by atoms with Crippen molar-refractivity contribution in [3.05, 3.63) is 390 Å². The van der Waals surface area contributed by atoms with Crippen LogP contribution < -0.4 is 14.7 Å². The number of hydrogen-bond acceptors (Lipinski definition) is 3. The van der Waals surface area contributed by atoms with Crippen molar-refractivity contribution >= 4 is 121 Å². The maximum absolute atomic E-state index is 3.51. The third kappa shape index (κ3) is 14.5. The van der Waals surface area contributed by atoms with E-state index in [1.165, 1.54) is 71.7 Å². The molecule has 0 fully saturated rings.